The molecule has 0 aliphatic heterocycles. The zero-order valence-corrected chi connectivity index (χ0v) is 9.64. The van der Waals surface area contributed by atoms with Crippen molar-refractivity contribution in [2.24, 2.45) is 7.05 Å². The fourth-order valence-corrected chi connectivity index (χ4v) is 1.76. The molecule has 0 saturated carbocycles. The van der Waals surface area contributed by atoms with Gasteiger partial charge in [-0.05, 0) is 6.92 Å². The fourth-order valence-electron chi connectivity index (χ4n) is 1.76. The molecular weight excluding hydrogens is 200 g/mol. The van der Waals surface area contributed by atoms with E-state index in [1.165, 1.54) is 5.56 Å². The number of imidazole rings is 1. The van der Waals surface area contributed by atoms with E-state index in [0.29, 0.717) is 6.42 Å². The predicted octanol–water partition coefficient (Wildman–Crippen LogP) is 1.93. The third-order valence-electron chi connectivity index (χ3n) is 2.76. The van der Waals surface area contributed by atoms with E-state index in [1.807, 2.05) is 17.8 Å². The summed E-state index contributed by atoms with van der Waals surface area (Å²) in [6.45, 7) is 2.23. The second-order valence-electron chi connectivity index (χ2n) is 3.97. The largest absolute Gasteiger partial charge is 0.396 e. The van der Waals surface area contributed by atoms with Crippen molar-refractivity contribution in [3.05, 3.63) is 41.7 Å². The van der Waals surface area contributed by atoms with Gasteiger partial charge in [0.2, 0.25) is 0 Å². The van der Waals surface area contributed by atoms with E-state index in [4.69, 9.17) is 5.11 Å². The minimum Gasteiger partial charge on any atom is -0.396 e. The lowest BCUT2D eigenvalue weighted by Crippen LogP contribution is -2.00. The van der Waals surface area contributed by atoms with E-state index in [2.05, 4.69) is 36.2 Å². The molecule has 0 saturated heterocycles. The molecule has 0 bridgehead atoms. The summed E-state index contributed by atoms with van der Waals surface area (Å²) in [4.78, 5) is 4.39. The molecule has 3 nitrogen and oxygen atoms in total. The Morgan fingerprint density at radius 3 is 2.56 bits per heavy atom. The highest BCUT2D eigenvalue weighted by molar-refractivity contribution is 5.56. The molecule has 1 heterocycles. The molecule has 0 radical (unpaired) electrons. The van der Waals surface area contributed by atoms with Gasteiger partial charge in [0.25, 0.3) is 0 Å². The number of aromatic nitrogens is 2. The average molecular weight is 216 g/mol. The summed E-state index contributed by atoms with van der Waals surface area (Å²) < 4.78 is 2.03. The number of aryl methyl sites for hydroxylation is 1. The van der Waals surface area contributed by atoms with E-state index in [9.17, 15) is 0 Å². The summed E-state index contributed by atoms with van der Waals surface area (Å²) in [6.07, 6.45) is 2.47. The normalized spacial score (nSPS) is 10.7. The van der Waals surface area contributed by atoms with Gasteiger partial charge >= 0.3 is 0 Å². The van der Waals surface area contributed by atoms with Crippen molar-refractivity contribution >= 4 is 0 Å². The van der Waals surface area contributed by atoms with Crippen LogP contribution in [0.3, 0.4) is 0 Å². The van der Waals surface area contributed by atoms with Crippen LogP contribution >= 0.6 is 0 Å². The van der Waals surface area contributed by atoms with Crippen LogP contribution in [-0.4, -0.2) is 21.3 Å². The molecule has 0 spiro atoms. The molecule has 2 rings (SSSR count). The SMILES string of the molecule is Cc1ccc(-c2ncc(CCO)n2C)cc1. The van der Waals surface area contributed by atoms with Crippen LogP contribution in [0.2, 0.25) is 0 Å². The number of rotatable bonds is 3. The van der Waals surface area contributed by atoms with Crippen molar-refractivity contribution in [1.29, 1.82) is 0 Å². The van der Waals surface area contributed by atoms with Gasteiger partial charge < -0.3 is 9.67 Å². The Balaban J connectivity index is 2.37. The second kappa shape index (κ2) is 4.49. The molecule has 16 heavy (non-hydrogen) atoms. The van der Waals surface area contributed by atoms with Crippen molar-refractivity contribution in [3.8, 4) is 11.4 Å². The summed E-state index contributed by atoms with van der Waals surface area (Å²) in [5, 5.41) is 8.92. The summed E-state index contributed by atoms with van der Waals surface area (Å²) in [7, 11) is 1.98. The molecule has 0 amide bonds. The highest BCUT2D eigenvalue weighted by Gasteiger charge is 2.07. The number of aliphatic hydroxyl groups is 1. The lowest BCUT2D eigenvalue weighted by Gasteiger charge is -2.05. The Morgan fingerprint density at radius 2 is 1.94 bits per heavy atom. The topological polar surface area (TPSA) is 38.1 Å². The molecule has 0 fully saturated rings. The Bertz CT molecular complexity index is 471. The van der Waals surface area contributed by atoms with E-state index in [1.54, 1.807) is 0 Å². The fraction of sp³-hybridized carbons (Fsp3) is 0.308. The van der Waals surface area contributed by atoms with Crippen molar-refractivity contribution in [2.45, 2.75) is 13.3 Å². The number of nitrogens with zero attached hydrogens (tertiary/aromatic N) is 2. The third-order valence-corrected chi connectivity index (χ3v) is 2.76. The Morgan fingerprint density at radius 1 is 1.25 bits per heavy atom. The Hall–Kier alpha value is -1.61. The Kier molecular flexibility index (Phi) is 3.06. The summed E-state index contributed by atoms with van der Waals surface area (Å²) >= 11 is 0. The maximum absolute atomic E-state index is 8.92. The minimum atomic E-state index is 0.160. The quantitative estimate of drug-likeness (QED) is 0.851. The molecular formula is C13H16N2O. The number of aliphatic hydroxyl groups excluding tert-OH is 1. The first kappa shape index (κ1) is 10.9. The average Bonchev–Trinajstić information content (AvgIpc) is 2.63. The molecule has 84 valence electrons. The predicted molar refractivity (Wildman–Crippen MR) is 64.2 cm³/mol. The zero-order valence-electron chi connectivity index (χ0n) is 9.64. The van der Waals surface area contributed by atoms with Crippen LogP contribution < -0.4 is 0 Å². The van der Waals surface area contributed by atoms with Crippen molar-refractivity contribution in [1.82, 2.24) is 9.55 Å². The first-order valence-electron chi connectivity index (χ1n) is 5.41. The van der Waals surface area contributed by atoms with Gasteiger partial charge in [-0.25, -0.2) is 4.98 Å². The summed E-state index contributed by atoms with van der Waals surface area (Å²) in [5.74, 6) is 0.948. The molecule has 0 aliphatic rings. The van der Waals surface area contributed by atoms with Crippen LogP contribution in [0.1, 0.15) is 11.3 Å². The molecule has 0 unspecified atom stereocenters. The standard InChI is InChI=1S/C13H16N2O/c1-10-3-5-11(6-4-10)13-14-9-12(7-8-16)15(13)2/h3-6,9,16H,7-8H2,1-2H3. The van der Waals surface area contributed by atoms with Gasteiger partial charge in [0, 0.05) is 37.5 Å². The van der Waals surface area contributed by atoms with Crippen molar-refractivity contribution in [2.75, 3.05) is 6.61 Å². The maximum atomic E-state index is 8.92. The molecule has 1 N–H and O–H groups in total. The van der Waals surface area contributed by atoms with Crippen molar-refractivity contribution < 1.29 is 5.11 Å². The minimum absolute atomic E-state index is 0.160. The molecule has 0 aliphatic carbocycles. The Labute approximate surface area is 95.4 Å². The first-order chi connectivity index (χ1) is 7.72. The van der Waals surface area contributed by atoms with Crippen LogP contribution in [-0.2, 0) is 13.5 Å². The number of hydrogen-bond acceptors (Lipinski definition) is 2. The molecule has 3 heteroatoms. The highest BCUT2D eigenvalue weighted by Crippen LogP contribution is 2.19. The van der Waals surface area contributed by atoms with Gasteiger partial charge in [0.15, 0.2) is 0 Å². The maximum Gasteiger partial charge on any atom is 0.139 e. The molecule has 0 atom stereocenters. The molecule has 1 aromatic heterocycles. The summed E-state index contributed by atoms with van der Waals surface area (Å²) in [6, 6.07) is 8.30. The van der Waals surface area contributed by atoms with Crippen LogP contribution in [0.5, 0.6) is 0 Å². The third kappa shape index (κ3) is 1.99. The highest BCUT2D eigenvalue weighted by atomic mass is 16.3. The van der Waals surface area contributed by atoms with Crippen molar-refractivity contribution in [3.63, 3.8) is 0 Å². The van der Waals surface area contributed by atoms with Gasteiger partial charge in [-0.3, -0.25) is 0 Å². The lowest BCUT2D eigenvalue weighted by molar-refractivity contribution is 0.297. The van der Waals surface area contributed by atoms with Crippen LogP contribution in [0, 0.1) is 6.92 Å². The lowest BCUT2D eigenvalue weighted by atomic mass is 10.1. The monoisotopic (exact) mass is 216 g/mol. The second-order valence-corrected chi connectivity index (χ2v) is 3.97. The zero-order chi connectivity index (χ0) is 11.5. The van der Waals surface area contributed by atoms with Crippen LogP contribution in [0.25, 0.3) is 11.4 Å². The van der Waals surface area contributed by atoms with Crippen LogP contribution in [0.15, 0.2) is 30.5 Å². The number of benzene rings is 1. The van der Waals surface area contributed by atoms with Gasteiger partial charge in [-0.15, -0.1) is 0 Å². The van der Waals surface area contributed by atoms with Gasteiger partial charge in [-0.1, -0.05) is 29.8 Å². The van der Waals surface area contributed by atoms with E-state index in [-0.39, 0.29) is 6.61 Å². The van der Waals surface area contributed by atoms with Gasteiger partial charge in [-0.2, -0.15) is 0 Å². The van der Waals surface area contributed by atoms with E-state index in [0.717, 1.165) is 17.1 Å². The molecule has 2 aromatic rings. The smallest absolute Gasteiger partial charge is 0.139 e. The van der Waals surface area contributed by atoms with Crippen LogP contribution in [0.4, 0.5) is 0 Å². The summed E-state index contributed by atoms with van der Waals surface area (Å²) in [5.41, 5.74) is 3.41. The van der Waals surface area contributed by atoms with E-state index < -0.39 is 0 Å². The first-order valence-corrected chi connectivity index (χ1v) is 5.41. The van der Waals surface area contributed by atoms with Gasteiger partial charge in [0.05, 0.1) is 0 Å². The van der Waals surface area contributed by atoms with E-state index >= 15 is 0 Å². The number of hydrogen-bond donors (Lipinski definition) is 1. The molecule has 1 aromatic carbocycles. The van der Waals surface area contributed by atoms with Gasteiger partial charge in [0.1, 0.15) is 5.82 Å².